The molecule has 4 heteroatoms. The fraction of sp³-hybridized carbons (Fsp3) is 0. The average Bonchev–Trinajstić information content (AvgIpc) is 3.66. The van der Waals surface area contributed by atoms with Crippen molar-refractivity contribution in [2.24, 2.45) is 0 Å². The Bertz CT molecular complexity index is 4590. The summed E-state index contributed by atoms with van der Waals surface area (Å²) >= 11 is 0. The van der Waals surface area contributed by atoms with Crippen LogP contribution >= 0.6 is 0 Å². The molecule has 0 saturated heterocycles. The van der Waals surface area contributed by atoms with Gasteiger partial charge in [-0.3, -0.25) is 0 Å². The molecule has 4 aliphatic heterocycles. The molecule has 366 valence electrons. The molecule has 0 aromatic heterocycles. The molecular formula is C76H46B2N2. The van der Waals surface area contributed by atoms with Gasteiger partial charge < -0.3 is 9.80 Å². The van der Waals surface area contributed by atoms with Gasteiger partial charge in [0.2, 0.25) is 13.4 Å². The van der Waals surface area contributed by atoms with E-state index >= 15 is 0 Å². The molecule has 0 bridgehead atoms. The van der Waals surface area contributed by atoms with Crippen LogP contribution in [0.5, 0.6) is 0 Å². The monoisotopic (exact) mass is 1010 g/mol. The molecule has 4 aliphatic rings. The van der Waals surface area contributed by atoms with Gasteiger partial charge in [-0.15, -0.1) is 0 Å². The molecular weight excluding hydrogens is 962 g/mol. The predicted molar refractivity (Wildman–Crippen MR) is 341 cm³/mol. The lowest BCUT2D eigenvalue weighted by Crippen LogP contribution is -2.60. The van der Waals surface area contributed by atoms with E-state index in [2.05, 4.69) is 289 Å². The van der Waals surface area contributed by atoms with E-state index in [1.807, 2.05) is 0 Å². The first-order chi connectivity index (χ1) is 39.8. The highest BCUT2D eigenvalue weighted by molar-refractivity contribution is 7.02. The third-order valence-corrected chi connectivity index (χ3v) is 18.2. The zero-order valence-corrected chi connectivity index (χ0v) is 43.6. The fourth-order valence-corrected chi connectivity index (χ4v) is 15.1. The van der Waals surface area contributed by atoms with E-state index < -0.39 is 0 Å². The van der Waals surface area contributed by atoms with E-state index in [0.717, 1.165) is 11.4 Å². The van der Waals surface area contributed by atoms with E-state index in [4.69, 9.17) is 0 Å². The second kappa shape index (κ2) is 16.7. The van der Waals surface area contributed by atoms with Gasteiger partial charge >= 0.3 is 0 Å². The summed E-state index contributed by atoms with van der Waals surface area (Å²) in [5, 5.41) is 7.99. The van der Waals surface area contributed by atoms with Crippen LogP contribution in [0.15, 0.2) is 279 Å². The molecule has 14 aromatic carbocycles. The third-order valence-electron chi connectivity index (χ3n) is 18.2. The maximum atomic E-state index is 2.67. The molecule has 2 nitrogen and oxygen atoms in total. The molecule has 4 heterocycles. The van der Waals surface area contributed by atoms with Gasteiger partial charge in [-0.2, -0.15) is 0 Å². The van der Waals surface area contributed by atoms with Crippen LogP contribution in [0.4, 0.5) is 34.1 Å². The second-order valence-electron chi connectivity index (χ2n) is 22.1. The molecule has 0 fully saturated rings. The van der Waals surface area contributed by atoms with E-state index in [-0.39, 0.29) is 13.4 Å². The molecule has 80 heavy (non-hydrogen) atoms. The minimum Gasteiger partial charge on any atom is -0.312 e. The van der Waals surface area contributed by atoms with Crippen molar-refractivity contribution in [1.29, 1.82) is 0 Å². The largest absolute Gasteiger partial charge is 0.312 e. The molecule has 0 unspecified atom stereocenters. The third kappa shape index (κ3) is 5.94. The number of hydrogen-bond donors (Lipinski definition) is 0. The number of anilines is 6. The van der Waals surface area contributed by atoms with Gasteiger partial charge in [0.05, 0.1) is 0 Å². The van der Waals surface area contributed by atoms with E-state index in [9.17, 15) is 0 Å². The second-order valence-corrected chi connectivity index (χ2v) is 22.1. The summed E-state index contributed by atoms with van der Waals surface area (Å²) in [5.41, 5.74) is 30.3. The van der Waals surface area contributed by atoms with E-state index in [0.29, 0.717) is 0 Å². The molecule has 0 atom stereocenters. The number of rotatable bonds is 6. The van der Waals surface area contributed by atoms with Crippen LogP contribution in [-0.2, 0) is 0 Å². The van der Waals surface area contributed by atoms with Crippen LogP contribution < -0.4 is 42.6 Å². The summed E-state index contributed by atoms with van der Waals surface area (Å²) in [6.07, 6.45) is 0. The van der Waals surface area contributed by atoms with Gasteiger partial charge in [-0.1, -0.05) is 229 Å². The van der Waals surface area contributed by atoms with Crippen molar-refractivity contribution >= 4 is 113 Å². The number of para-hydroxylation sites is 4. The van der Waals surface area contributed by atoms with Gasteiger partial charge in [0.1, 0.15) is 0 Å². The Kier molecular flexibility index (Phi) is 9.15. The predicted octanol–water partition coefficient (Wildman–Crippen LogP) is 15.8. The van der Waals surface area contributed by atoms with Crippen LogP contribution in [0.25, 0.3) is 99.1 Å². The summed E-state index contributed by atoms with van der Waals surface area (Å²) in [6.45, 7) is -0.0543. The van der Waals surface area contributed by atoms with Crippen molar-refractivity contribution in [3.8, 4) is 66.8 Å². The first-order valence-corrected chi connectivity index (χ1v) is 28.1. The lowest BCUT2D eigenvalue weighted by Gasteiger charge is -2.42. The Hall–Kier alpha value is -10.2. The molecule has 0 radical (unpaired) electrons. The number of nitrogens with zero attached hydrogens (tertiary/aromatic N) is 2. The minimum atomic E-state index is -0.0272. The molecule has 0 amide bonds. The van der Waals surface area contributed by atoms with Gasteiger partial charge in [0.25, 0.3) is 0 Å². The van der Waals surface area contributed by atoms with E-state index in [1.165, 1.54) is 155 Å². The van der Waals surface area contributed by atoms with Crippen LogP contribution in [-0.4, -0.2) is 13.4 Å². The highest BCUT2D eigenvalue weighted by atomic mass is 15.2. The molecule has 0 N–H and O–H groups in total. The Morgan fingerprint density at radius 2 is 0.550 bits per heavy atom. The Morgan fingerprint density at radius 3 is 0.975 bits per heavy atom. The summed E-state index contributed by atoms with van der Waals surface area (Å²) in [5.74, 6) is 0. The Labute approximate surface area is 465 Å². The number of hydrogen-bond acceptors (Lipinski definition) is 2. The van der Waals surface area contributed by atoms with Gasteiger partial charge in [-0.25, -0.2) is 0 Å². The van der Waals surface area contributed by atoms with Crippen LogP contribution in [0.2, 0.25) is 0 Å². The summed E-state index contributed by atoms with van der Waals surface area (Å²) in [7, 11) is 0. The summed E-state index contributed by atoms with van der Waals surface area (Å²) in [4.78, 5) is 5.02. The molecule has 14 aromatic rings. The van der Waals surface area contributed by atoms with Crippen molar-refractivity contribution in [3.63, 3.8) is 0 Å². The highest BCUT2D eigenvalue weighted by Gasteiger charge is 2.45. The summed E-state index contributed by atoms with van der Waals surface area (Å²) < 4.78 is 0. The Balaban J connectivity index is 1.06. The average molecular weight is 1010 g/mol. The van der Waals surface area contributed by atoms with Crippen LogP contribution in [0.1, 0.15) is 0 Å². The van der Waals surface area contributed by atoms with E-state index in [1.54, 1.807) is 0 Å². The zero-order chi connectivity index (χ0) is 52.2. The SMILES string of the molecule is c1ccc(-c2ccccc2-c2cc3c4c(cc5c(-c6ccccc6-c6ccccc6)cc6c7c(cc2c4c57)B2c4ccccc4N(c4ccccc4)c4cccc-6c42)B2c4ccccc4N(c4ccccc4)c4cccc-3c42)cc1. The highest BCUT2D eigenvalue weighted by Crippen LogP contribution is 2.53. The smallest absolute Gasteiger partial charge is 0.248 e. The topological polar surface area (TPSA) is 6.48 Å². The van der Waals surface area contributed by atoms with Crippen LogP contribution in [0.3, 0.4) is 0 Å². The summed E-state index contributed by atoms with van der Waals surface area (Å²) in [6, 6.07) is 105. The number of fused-ring (bicyclic) bond motifs is 8. The lowest BCUT2D eigenvalue weighted by molar-refractivity contribution is 1.29. The first-order valence-electron chi connectivity index (χ1n) is 28.1. The molecule has 0 spiro atoms. The molecule has 0 aliphatic carbocycles. The standard InChI is InChI=1S/C76H46B2N2/c1-5-23-47(24-6-1)51-31-13-15-33-53(51)57-43-59-55-35-21-41-69-75(55)78(64-38-18-20-40-68(64)79(69)49-27-9-3-10-28-49)66-46-62-58(54-34-16-14-32-52(54)48-25-7-2-8-26-48)44-60-56-36-22-42-70-76(56)77(65-45-61(57)73(71(59)66)74(62)72(60)65)63-37-17-19-39-67(63)80(70)50-29-11-4-12-30-50/h1-46H. The van der Waals surface area contributed by atoms with Gasteiger partial charge in [0, 0.05) is 34.1 Å². The minimum absolute atomic E-state index is 0.0272. The quantitative estimate of drug-likeness (QED) is 0.121. The first kappa shape index (κ1) is 43.9. The van der Waals surface area contributed by atoms with Gasteiger partial charge in [-0.05, 0) is 182 Å². The maximum Gasteiger partial charge on any atom is 0.248 e. The Morgan fingerprint density at radius 1 is 0.212 bits per heavy atom. The zero-order valence-electron chi connectivity index (χ0n) is 43.6. The fourth-order valence-electron chi connectivity index (χ4n) is 15.1. The number of benzene rings is 14. The van der Waals surface area contributed by atoms with Crippen molar-refractivity contribution in [1.82, 2.24) is 0 Å². The lowest BCUT2D eigenvalue weighted by atomic mass is 9.31. The van der Waals surface area contributed by atoms with Crippen molar-refractivity contribution in [3.05, 3.63) is 279 Å². The van der Waals surface area contributed by atoms with Crippen LogP contribution in [0, 0.1) is 0 Å². The normalized spacial score (nSPS) is 13.2. The van der Waals surface area contributed by atoms with Crippen molar-refractivity contribution < 1.29 is 0 Å². The maximum absolute atomic E-state index is 2.67. The van der Waals surface area contributed by atoms with Crippen molar-refractivity contribution in [2.45, 2.75) is 0 Å². The van der Waals surface area contributed by atoms with Crippen molar-refractivity contribution in [2.75, 3.05) is 9.80 Å². The van der Waals surface area contributed by atoms with Gasteiger partial charge in [0.15, 0.2) is 0 Å². The molecule has 18 rings (SSSR count). The molecule has 0 saturated carbocycles.